The summed E-state index contributed by atoms with van der Waals surface area (Å²) in [6.07, 6.45) is 0.233. The SMILES string of the molecule is COC(=O)c1ccc(CC(=O)N(CCO[Si](C)(C)C(C)(C)C)c2ccccc2)s1. The number of rotatable bonds is 8. The molecule has 5 nitrogen and oxygen atoms in total. The lowest BCUT2D eigenvalue weighted by molar-refractivity contribution is -0.118. The van der Waals surface area contributed by atoms with Crippen molar-refractivity contribution >= 4 is 37.2 Å². The zero-order valence-corrected chi connectivity index (χ0v) is 20.0. The third-order valence-electron chi connectivity index (χ3n) is 5.33. The molecular weight excluding hydrogens is 402 g/mol. The van der Waals surface area contributed by atoms with Crippen LogP contribution < -0.4 is 4.90 Å². The molecule has 1 aromatic heterocycles. The minimum atomic E-state index is -1.88. The van der Waals surface area contributed by atoms with Crippen LogP contribution in [0, 0.1) is 0 Å². The van der Waals surface area contributed by atoms with Crippen LogP contribution in [0.15, 0.2) is 42.5 Å². The number of carbonyl (C=O) groups is 2. The Labute approximate surface area is 178 Å². The summed E-state index contributed by atoms with van der Waals surface area (Å²) < 4.78 is 11.0. The molecule has 0 atom stereocenters. The van der Waals surface area contributed by atoms with Gasteiger partial charge in [-0.15, -0.1) is 11.3 Å². The molecule has 0 aliphatic rings. The van der Waals surface area contributed by atoms with Crippen molar-refractivity contribution < 1.29 is 18.8 Å². The van der Waals surface area contributed by atoms with Crippen molar-refractivity contribution in [1.29, 1.82) is 0 Å². The van der Waals surface area contributed by atoms with Crippen molar-refractivity contribution in [3.63, 3.8) is 0 Å². The van der Waals surface area contributed by atoms with Crippen molar-refractivity contribution in [2.24, 2.45) is 0 Å². The lowest BCUT2D eigenvalue weighted by Gasteiger charge is -2.36. The van der Waals surface area contributed by atoms with Gasteiger partial charge in [0, 0.05) is 17.1 Å². The Morgan fingerprint density at radius 1 is 1.07 bits per heavy atom. The van der Waals surface area contributed by atoms with Gasteiger partial charge in [-0.2, -0.15) is 0 Å². The molecule has 0 aliphatic heterocycles. The minimum absolute atomic E-state index is 0.0201. The first-order valence-electron chi connectivity index (χ1n) is 9.71. The molecule has 29 heavy (non-hydrogen) atoms. The predicted molar refractivity (Wildman–Crippen MR) is 121 cm³/mol. The highest BCUT2D eigenvalue weighted by Gasteiger charge is 2.37. The molecule has 158 valence electrons. The Morgan fingerprint density at radius 2 is 1.72 bits per heavy atom. The molecule has 7 heteroatoms. The monoisotopic (exact) mass is 433 g/mol. The maximum Gasteiger partial charge on any atom is 0.348 e. The molecule has 0 fully saturated rings. The van der Waals surface area contributed by atoms with Gasteiger partial charge in [0.15, 0.2) is 8.32 Å². The number of amides is 1. The second kappa shape index (κ2) is 9.69. The molecular formula is C22H31NO4SSi. The van der Waals surface area contributed by atoms with Crippen LogP contribution in [0.25, 0.3) is 0 Å². The molecule has 0 saturated heterocycles. The molecule has 1 aromatic carbocycles. The Hall–Kier alpha value is -1.96. The van der Waals surface area contributed by atoms with Crippen LogP contribution in [0.3, 0.4) is 0 Å². The van der Waals surface area contributed by atoms with E-state index in [1.54, 1.807) is 11.0 Å². The molecule has 0 aliphatic carbocycles. The summed E-state index contributed by atoms with van der Waals surface area (Å²) >= 11 is 1.29. The Morgan fingerprint density at radius 3 is 2.31 bits per heavy atom. The fourth-order valence-electron chi connectivity index (χ4n) is 2.54. The summed E-state index contributed by atoms with van der Waals surface area (Å²) in [6, 6.07) is 13.1. The normalized spacial score (nSPS) is 11.9. The summed E-state index contributed by atoms with van der Waals surface area (Å²) in [5, 5.41) is 0.121. The maximum atomic E-state index is 13.1. The van der Waals surface area contributed by atoms with Crippen molar-refractivity contribution in [2.45, 2.75) is 45.3 Å². The van der Waals surface area contributed by atoms with Crippen LogP contribution in [0.5, 0.6) is 0 Å². The molecule has 0 spiro atoms. The molecule has 0 N–H and O–H groups in total. The number of benzene rings is 1. The largest absolute Gasteiger partial charge is 0.465 e. The molecule has 0 bridgehead atoms. The number of para-hydroxylation sites is 1. The zero-order valence-electron chi connectivity index (χ0n) is 18.2. The van der Waals surface area contributed by atoms with E-state index < -0.39 is 8.32 Å². The van der Waals surface area contributed by atoms with E-state index in [2.05, 4.69) is 33.9 Å². The van der Waals surface area contributed by atoms with E-state index >= 15 is 0 Å². The molecule has 1 heterocycles. The first-order valence-corrected chi connectivity index (χ1v) is 13.4. The fourth-order valence-corrected chi connectivity index (χ4v) is 4.49. The number of thiophene rings is 1. The third kappa shape index (κ3) is 6.26. The molecule has 0 radical (unpaired) electrons. The molecule has 0 unspecified atom stereocenters. The van der Waals surface area contributed by atoms with E-state index in [-0.39, 0.29) is 23.3 Å². The number of methoxy groups -OCH3 is 1. The quantitative estimate of drug-likeness (QED) is 0.428. The Balaban J connectivity index is 2.11. The number of carbonyl (C=O) groups excluding carboxylic acids is 2. The number of esters is 1. The summed E-state index contributed by atoms with van der Waals surface area (Å²) in [5.41, 5.74) is 0.848. The number of ether oxygens (including phenoxy) is 1. The highest BCUT2D eigenvalue weighted by atomic mass is 32.1. The topological polar surface area (TPSA) is 55.8 Å². The number of hydrogen-bond acceptors (Lipinski definition) is 5. The predicted octanol–water partition coefficient (Wildman–Crippen LogP) is 5.13. The van der Waals surface area contributed by atoms with Crippen LogP contribution in [-0.2, 0) is 20.4 Å². The third-order valence-corrected chi connectivity index (χ3v) is 10.9. The summed E-state index contributed by atoms with van der Waals surface area (Å²) in [4.78, 5) is 27.9. The molecule has 2 rings (SSSR count). The fraction of sp³-hybridized carbons (Fsp3) is 0.455. The maximum absolute atomic E-state index is 13.1. The second-order valence-electron chi connectivity index (χ2n) is 8.42. The van der Waals surface area contributed by atoms with Crippen LogP contribution in [0.4, 0.5) is 5.69 Å². The van der Waals surface area contributed by atoms with E-state index in [0.29, 0.717) is 18.0 Å². The first-order chi connectivity index (χ1) is 13.5. The lowest BCUT2D eigenvalue weighted by Crippen LogP contribution is -2.43. The van der Waals surface area contributed by atoms with Gasteiger partial charge in [0.05, 0.1) is 20.1 Å². The van der Waals surface area contributed by atoms with Gasteiger partial charge in [0.1, 0.15) is 4.88 Å². The number of hydrogen-bond donors (Lipinski definition) is 0. The second-order valence-corrected chi connectivity index (χ2v) is 14.4. The van der Waals surface area contributed by atoms with Gasteiger partial charge >= 0.3 is 5.97 Å². The Bertz CT molecular complexity index is 827. The summed E-state index contributed by atoms with van der Waals surface area (Å²) in [7, 11) is -0.529. The molecule has 0 saturated carbocycles. The van der Waals surface area contributed by atoms with Gasteiger partial charge in [-0.05, 0) is 42.4 Å². The van der Waals surface area contributed by atoms with Gasteiger partial charge in [-0.1, -0.05) is 39.0 Å². The zero-order chi connectivity index (χ0) is 21.7. The van der Waals surface area contributed by atoms with Gasteiger partial charge in [-0.3, -0.25) is 4.79 Å². The van der Waals surface area contributed by atoms with E-state index in [1.165, 1.54) is 18.4 Å². The lowest BCUT2D eigenvalue weighted by atomic mass is 10.2. The van der Waals surface area contributed by atoms with E-state index in [1.807, 2.05) is 36.4 Å². The van der Waals surface area contributed by atoms with Crippen molar-refractivity contribution in [2.75, 3.05) is 25.2 Å². The average molecular weight is 434 g/mol. The summed E-state index contributed by atoms with van der Waals surface area (Å²) in [5.74, 6) is -0.398. The average Bonchev–Trinajstić information content (AvgIpc) is 3.12. The molecule has 1 amide bonds. The molecule has 2 aromatic rings. The van der Waals surface area contributed by atoms with Crippen molar-refractivity contribution in [3.8, 4) is 0 Å². The standard InChI is InChI=1S/C22H31NO4SSi/c1-22(2,3)29(5,6)27-15-14-23(17-10-8-7-9-11-17)20(24)16-18-12-13-19(28-18)21(25)26-4/h7-13H,14-16H2,1-6H3. The summed E-state index contributed by atoms with van der Waals surface area (Å²) in [6.45, 7) is 12.0. The number of nitrogens with zero attached hydrogens (tertiary/aromatic N) is 1. The van der Waals surface area contributed by atoms with Gasteiger partial charge in [-0.25, -0.2) is 4.79 Å². The van der Waals surface area contributed by atoms with E-state index in [9.17, 15) is 9.59 Å². The van der Waals surface area contributed by atoms with Gasteiger partial charge in [0.2, 0.25) is 5.91 Å². The van der Waals surface area contributed by atoms with Gasteiger partial charge in [0.25, 0.3) is 0 Å². The smallest absolute Gasteiger partial charge is 0.348 e. The van der Waals surface area contributed by atoms with E-state index in [4.69, 9.17) is 9.16 Å². The minimum Gasteiger partial charge on any atom is -0.465 e. The van der Waals surface area contributed by atoms with Gasteiger partial charge < -0.3 is 14.1 Å². The highest BCUT2D eigenvalue weighted by molar-refractivity contribution is 7.14. The highest BCUT2D eigenvalue weighted by Crippen LogP contribution is 2.36. The Kier molecular flexibility index (Phi) is 7.79. The first kappa shape index (κ1) is 23.3. The van der Waals surface area contributed by atoms with Crippen LogP contribution in [0.2, 0.25) is 18.1 Å². The van der Waals surface area contributed by atoms with Crippen molar-refractivity contribution in [1.82, 2.24) is 0 Å². The van der Waals surface area contributed by atoms with E-state index in [0.717, 1.165) is 10.6 Å². The number of anilines is 1. The van der Waals surface area contributed by atoms with Crippen LogP contribution in [-0.4, -0.2) is 40.5 Å². The van der Waals surface area contributed by atoms with Crippen LogP contribution in [0.1, 0.15) is 35.3 Å². The van der Waals surface area contributed by atoms with Crippen LogP contribution >= 0.6 is 11.3 Å². The van der Waals surface area contributed by atoms with Crippen molar-refractivity contribution in [3.05, 3.63) is 52.2 Å².